The predicted octanol–water partition coefficient (Wildman–Crippen LogP) is 3.12. The molecule has 8 nitrogen and oxygen atoms in total. The molecule has 1 saturated heterocycles. The quantitative estimate of drug-likeness (QED) is 0.654. The number of aromatic nitrogens is 2. The Morgan fingerprint density at radius 2 is 1.47 bits per heavy atom. The van der Waals surface area contributed by atoms with Crippen LogP contribution in [-0.4, -0.2) is 72.0 Å². The van der Waals surface area contributed by atoms with E-state index in [4.69, 9.17) is 9.47 Å². The molecule has 0 aliphatic carbocycles. The molecule has 1 N–H and O–H groups in total. The molecule has 0 saturated carbocycles. The minimum atomic E-state index is -2.71. The van der Waals surface area contributed by atoms with E-state index in [1.54, 1.807) is 40.1 Å². The highest BCUT2D eigenvalue weighted by atomic mass is 19.3. The SMILES string of the molecule is COc1cc(OC)cc(C(=O)N2CCN(C(=O)c3ccc4nc(C(F)F)[nH]c4c3)CC2)c1. The zero-order chi connectivity index (χ0) is 22.8. The number of carbonyl (C=O) groups is 2. The van der Waals surface area contributed by atoms with Crippen molar-refractivity contribution in [3.05, 3.63) is 53.3 Å². The number of nitrogens with zero attached hydrogens (tertiary/aromatic N) is 3. The molecule has 0 radical (unpaired) electrons. The number of ether oxygens (including phenoxy) is 2. The Kier molecular flexibility index (Phi) is 5.93. The van der Waals surface area contributed by atoms with Crippen molar-refractivity contribution in [2.75, 3.05) is 40.4 Å². The first-order valence-corrected chi connectivity index (χ1v) is 9.99. The van der Waals surface area contributed by atoms with Crippen LogP contribution in [0.5, 0.6) is 11.5 Å². The number of halogens is 2. The van der Waals surface area contributed by atoms with Crippen molar-refractivity contribution in [3.63, 3.8) is 0 Å². The number of carbonyl (C=O) groups excluding carboxylic acids is 2. The minimum absolute atomic E-state index is 0.173. The van der Waals surface area contributed by atoms with Crippen molar-refractivity contribution in [2.45, 2.75) is 6.43 Å². The van der Waals surface area contributed by atoms with E-state index in [2.05, 4.69) is 9.97 Å². The van der Waals surface area contributed by atoms with E-state index in [1.807, 2.05) is 0 Å². The van der Waals surface area contributed by atoms with E-state index in [1.165, 1.54) is 20.3 Å². The van der Waals surface area contributed by atoms with Gasteiger partial charge in [-0.25, -0.2) is 13.8 Å². The van der Waals surface area contributed by atoms with Crippen molar-refractivity contribution in [1.29, 1.82) is 0 Å². The molecule has 1 aliphatic rings. The highest BCUT2D eigenvalue weighted by molar-refractivity contribution is 5.98. The topological polar surface area (TPSA) is 87.8 Å². The van der Waals surface area contributed by atoms with Crippen LogP contribution < -0.4 is 9.47 Å². The van der Waals surface area contributed by atoms with Gasteiger partial charge in [-0.3, -0.25) is 9.59 Å². The number of hydrogen-bond acceptors (Lipinski definition) is 5. The molecule has 0 bridgehead atoms. The lowest BCUT2D eigenvalue weighted by Crippen LogP contribution is -2.50. The monoisotopic (exact) mass is 444 g/mol. The third-order valence-electron chi connectivity index (χ3n) is 5.41. The summed E-state index contributed by atoms with van der Waals surface area (Å²) in [4.78, 5) is 35.5. The van der Waals surface area contributed by atoms with Gasteiger partial charge < -0.3 is 24.3 Å². The van der Waals surface area contributed by atoms with E-state index in [0.29, 0.717) is 59.8 Å². The Balaban J connectivity index is 1.43. The predicted molar refractivity (Wildman–Crippen MR) is 112 cm³/mol. The molecular weight excluding hydrogens is 422 g/mol. The summed E-state index contributed by atoms with van der Waals surface area (Å²) in [5.41, 5.74) is 1.58. The third kappa shape index (κ3) is 4.20. The van der Waals surface area contributed by atoms with Gasteiger partial charge in [0.05, 0.1) is 25.3 Å². The van der Waals surface area contributed by atoms with Crippen LogP contribution in [0, 0.1) is 0 Å². The Bertz CT molecular complexity index is 1130. The maximum Gasteiger partial charge on any atom is 0.295 e. The molecule has 2 aromatic carbocycles. The van der Waals surface area contributed by atoms with E-state index in [9.17, 15) is 18.4 Å². The van der Waals surface area contributed by atoms with Crippen LogP contribution in [0.25, 0.3) is 11.0 Å². The van der Waals surface area contributed by atoms with Gasteiger partial charge in [-0.2, -0.15) is 0 Å². The smallest absolute Gasteiger partial charge is 0.295 e. The highest BCUT2D eigenvalue weighted by Crippen LogP contribution is 2.24. The second-order valence-electron chi connectivity index (χ2n) is 7.34. The summed E-state index contributed by atoms with van der Waals surface area (Å²) in [5, 5.41) is 0. The number of fused-ring (bicyclic) bond motifs is 1. The van der Waals surface area contributed by atoms with Gasteiger partial charge in [0, 0.05) is 43.4 Å². The van der Waals surface area contributed by atoms with Crippen LogP contribution in [-0.2, 0) is 0 Å². The van der Waals surface area contributed by atoms with Crippen molar-refractivity contribution < 1.29 is 27.8 Å². The highest BCUT2D eigenvalue weighted by Gasteiger charge is 2.26. The lowest BCUT2D eigenvalue weighted by atomic mass is 10.1. The number of hydrogen-bond donors (Lipinski definition) is 1. The van der Waals surface area contributed by atoms with Crippen molar-refractivity contribution in [2.24, 2.45) is 0 Å². The largest absolute Gasteiger partial charge is 0.497 e. The minimum Gasteiger partial charge on any atom is -0.497 e. The van der Waals surface area contributed by atoms with Gasteiger partial charge in [-0.1, -0.05) is 0 Å². The van der Waals surface area contributed by atoms with Crippen LogP contribution in [0.3, 0.4) is 0 Å². The average Bonchev–Trinajstić information content (AvgIpc) is 3.26. The molecule has 32 heavy (non-hydrogen) atoms. The van der Waals surface area contributed by atoms with Crippen LogP contribution in [0.1, 0.15) is 33.0 Å². The first-order valence-electron chi connectivity index (χ1n) is 9.99. The normalized spacial score (nSPS) is 14.2. The molecule has 2 amide bonds. The number of nitrogens with one attached hydrogen (secondary N) is 1. The molecule has 0 spiro atoms. The zero-order valence-electron chi connectivity index (χ0n) is 17.6. The molecule has 1 aliphatic heterocycles. The number of imidazole rings is 1. The number of aromatic amines is 1. The summed E-state index contributed by atoms with van der Waals surface area (Å²) in [5.74, 6) is 0.213. The van der Waals surface area contributed by atoms with Gasteiger partial charge in [-0.05, 0) is 30.3 Å². The first-order chi connectivity index (χ1) is 15.4. The summed E-state index contributed by atoms with van der Waals surface area (Å²) in [6, 6.07) is 9.62. The molecule has 10 heteroatoms. The standard InChI is InChI=1S/C22H22F2N4O4/c1-31-15-9-14(10-16(12-15)32-2)22(30)28-7-5-27(6-8-28)21(29)13-3-4-17-18(11-13)26-20(25-17)19(23)24/h3-4,9-12,19H,5-8H2,1-2H3,(H,25,26). The van der Waals surface area contributed by atoms with Gasteiger partial charge in [0.2, 0.25) is 0 Å². The Hall–Kier alpha value is -3.69. The fourth-order valence-electron chi connectivity index (χ4n) is 3.67. The average molecular weight is 444 g/mol. The second-order valence-corrected chi connectivity index (χ2v) is 7.34. The van der Waals surface area contributed by atoms with Gasteiger partial charge in [0.25, 0.3) is 18.2 Å². The Labute approximate surface area is 182 Å². The number of benzene rings is 2. The van der Waals surface area contributed by atoms with Crippen LogP contribution in [0.2, 0.25) is 0 Å². The Morgan fingerprint density at radius 1 is 0.906 bits per heavy atom. The van der Waals surface area contributed by atoms with Gasteiger partial charge in [0.1, 0.15) is 11.5 Å². The molecule has 168 valence electrons. The van der Waals surface area contributed by atoms with E-state index < -0.39 is 12.2 Å². The van der Waals surface area contributed by atoms with E-state index in [-0.39, 0.29) is 11.8 Å². The molecule has 2 heterocycles. The van der Waals surface area contributed by atoms with Crippen molar-refractivity contribution in [1.82, 2.24) is 19.8 Å². The van der Waals surface area contributed by atoms with Gasteiger partial charge in [0.15, 0.2) is 5.82 Å². The maximum atomic E-state index is 12.9. The lowest BCUT2D eigenvalue weighted by molar-refractivity contribution is 0.0535. The number of alkyl halides is 2. The fraction of sp³-hybridized carbons (Fsp3) is 0.318. The summed E-state index contributed by atoms with van der Waals surface area (Å²) in [7, 11) is 3.03. The molecule has 1 aromatic heterocycles. The third-order valence-corrected chi connectivity index (χ3v) is 5.41. The molecule has 3 aromatic rings. The molecule has 0 unspecified atom stereocenters. The molecular formula is C22H22F2N4O4. The molecule has 0 atom stereocenters. The van der Waals surface area contributed by atoms with E-state index >= 15 is 0 Å². The summed E-state index contributed by atoms with van der Waals surface area (Å²) in [6.45, 7) is 1.45. The molecule has 4 rings (SSSR count). The number of piperazine rings is 1. The van der Waals surface area contributed by atoms with Crippen LogP contribution in [0.15, 0.2) is 36.4 Å². The number of amides is 2. The Morgan fingerprint density at radius 3 is 2.00 bits per heavy atom. The van der Waals surface area contributed by atoms with Crippen LogP contribution in [0.4, 0.5) is 8.78 Å². The maximum absolute atomic E-state index is 12.9. The number of H-pyrrole nitrogens is 1. The van der Waals surface area contributed by atoms with Crippen molar-refractivity contribution in [3.8, 4) is 11.5 Å². The summed E-state index contributed by atoms with van der Waals surface area (Å²) < 4.78 is 36.1. The summed E-state index contributed by atoms with van der Waals surface area (Å²) >= 11 is 0. The van der Waals surface area contributed by atoms with E-state index in [0.717, 1.165) is 0 Å². The number of rotatable bonds is 5. The second kappa shape index (κ2) is 8.81. The number of methoxy groups -OCH3 is 2. The summed E-state index contributed by atoms with van der Waals surface area (Å²) in [6.07, 6.45) is -2.71. The first kappa shape index (κ1) is 21.5. The molecule has 1 fully saturated rings. The fourth-order valence-corrected chi connectivity index (χ4v) is 3.67. The zero-order valence-corrected chi connectivity index (χ0v) is 17.6. The lowest BCUT2D eigenvalue weighted by Gasteiger charge is -2.35. The van der Waals surface area contributed by atoms with Gasteiger partial charge >= 0.3 is 0 Å². The van der Waals surface area contributed by atoms with Crippen molar-refractivity contribution >= 4 is 22.8 Å². The van der Waals surface area contributed by atoms with Crippen LogP contribution >= 0.6 is 0 Å². The van der Waals surface area contributed by atoms with Gasteiger partial charge in [-0.15, -0.1) is 0 Å².